The molecule has 0 saturated heterocycles. The summed E-state index contributed by atoms with van der Waals surface area (Å²) in [7, 11) is 0. The lowest BCUT2D eigenvalue weighted by atomic mass is 10.1. The molecule has 9 heteroatoms. The first-order valence-electron chi connectivity index (χ1n) is 24.9. The smallest absolute Gasteiger partial charge is 0.185 e. The summed E-state index contributed by atoms with van der Waals surface area (Å²) in [6.45, 7) is 9.81. The Kier molecular flexibility index (Phi) is 43.6. The van der Waals surface area contributed by atoms with Gasteiger partial charge in [-0.25, -0.2) is 0 Å². The van der Waals surface area contributed by atoms with Gasteiger partial charge in [0.2, 0.25) is 0 Å². The molecular formula is C50H99N7O2. The Morgan fingerprint density at radius 3 is 1.15 bits per heavy atom. The third kappa shape index (κ3) is 45.2. The number of aliphatic hydroxyl groups is 2. The largest absolute Gasteiger partial charge is 0.391 e. The van der Waals surface area contributed by atoms with Gasteiger partial charge in [0.05, 0.1) is 18.8 Å². The highest BCUT2D eigenvalue weighted by molar-refractivity contribution is 5.88. The van der Waals surface area contributed by atoms with E-state index >= 15 is 0 Å². The van der Waals surface area contributed by atoms with E-state index in [2.05, 4.69) is 52.9 Å². The molecule has 0 saturated carbocycles. The molecule has 0 aromatic rings. The summed E-state index contributed by atoms with van der Waals surface area (Å²) in [5.74, 6) is 0.0354. The first kappa shape index (κ1) is 56.8. The van der Waals surface area contributed by atoms with Crippen LogP contribution < -0.4 is 17.2 Å². The number of hydrogen-bond donors (Lipinski definition) is 6. The van der Waals surface area contributed by atoms with Gasteiger partial charge in [-0.3, -0.25) is 10.4 Å². The van der Waals surface area contributed by atoms with Crippen LogP contribution in [0.5, 0.6) is 0 Å². The molecule has 0 amide bonds. The third-order valence-corrected chi connectivity index (χ3v) is 11.3. The number of allylic oxidation sites excluding steroid dienone is 4. The second kappa shape index (κ2) is 45.3. The van der Waals surface area contributed by atoms with Gasteiger partial charge in [0.25, 0.3) is 0 Å². The van der Waals surface area contributed by atoms with Gasteiger partial charge in [-0.15, -0.1) is 0 Å². The van der Waals surface area contributed by atoms with E-state index in [0.717, 1.165) is 51.9 Å². The Hall–Kier alpha value is -2.20. The molecule has 0 spiro atoms. The van der Waals surface area contributed by atoms with Gasteiger partial charge in [0.15, 0.2) is 5.96 Å². The van der Waals surface area contributed by atoms with Gasteiger partial charge < -0.3 is 37.2 Å². The molecule has 2 unspecified atom stereocenters. The number of rotatable bonds is 46. The summed E-state index contributed by atoms with van der Waals surface area (Å²) >= 11 is 0. The van der Waals surface area contributed by atoms with Crippen LogP contribution in [0.25, 0.3) is 0 Å². The number of aliphatic hydroxyl groups excluding tert-OH is 2. The van der Waals surface area contributed by atoms with E-state index in [9.17, 15) is 10.2 Å². The molecule has 346 valence electrons. The van der Waals surface area contributed by atoms with Crippen molar-refractivity contribution in [1.82, 2.24) is 9.80 Å². The molecule has 0 heterocycles. The van der Waals surface area contributed by atoms with Crippen LogP contribution in [0.4, 0.5) is 0 Å². The molecule has 9 N–H and O–H groups in total. The molecule has 59 heavy (non-hydrogen) atoms. The van der Waals surface area contributed by atoms with Crippen LogP contribution in [0.2, 0.25) is 0 Å². The Balaban J connectivity index is 4.60. The van der Waals surface area contributed by atoms with Crippen LogP contribution >= 0.6 is 0 Å². The summed E-state index contributed by atoms with van der Waals surface area (Å²) < 4.78 is 0. The fourth-order valence-corrected chi connectivity index (χ4v) is 7.72. The highest BCUT2D eigenvalue weighted by Gasteiger charge is 2.14. The highest BCUT2D eigenvalue weighted by atomic mass is 16.3. The van der Waals surface area contributed by atoms with E-state index in [1.54, 1.807) is 12.2 Å². The highest BCUT2D eigenvalue weighted by Crippen LogP contribution is 2.14. The predicted octanol–water partition coefficient (Wildman–Crippen LogP) is 11.3. The van der Waals surface area contributed by atoms with E-state index in [0.29, 0.717) is 19.5 Å². The maximum absolute atomic E-state index is 10.8. The Morgan fingerprint density at radius 2 is 0.797 bits per heavy atom. The normalized spacial score (nSPS) is 13.2. The fourth-order valence-electron chi connectivity index (χ4n) is 7.72. The molecular weight excluding hydrogens is 731 g/mol. The van der Waals surface area contributed by atoms with Gasteiger partial charge >= 0.3 is 0 Å². The van der Waals surface area contributed by atoms with Crippen LogP contribution in [0.15, 0.2) is 41.4 Å². The summed E-state index contributed by atoms with van der Waals surface area (Å²) in [5.41, 5.74) is 16.6. The molecule has 2 atom stereocenters. The third-order valence-electron chi connectivity index (χ3n) is 11.3. The number of guanidine groups is 1. The molecule has 0 fully saturated rings. The van der Waals surface area contributed by atoms with Crippen molar-refractivity contribution in [1.29, 1.82) is 5.41 Å². The van der Waals surface area contributed by atoms with Crippen LogP contribution in [-0.2, 0) is 0 Å². The number of nitrogens with two attached hydrogens (primary N) is 3. The van der Waals surface area contributed by atoms with Crippen molar-refractivity contribution in [2.45, 2.75) is 225 Å². The van der Waals surface area contributed by atoms with E-state index in [4.69, 9.17) is 22.6 Å². The van der Waals surface area contributed by atoms with Crippen LogP contribution in [-0.4, -0.2) is 89.8 Å². The average Bonchev–Trinajstić information content (AvgIpc) is 3.20. The molecule has 0 bridgehead atoms. The lowest BCUT2D eigenvalue weighted by molar-refractivity contribution is 0.105. The lowest BCUT2D eigenvalue weighted by Crippen LogP contribution is -2.37. The topological polar surface area (TPSA) is 161 Å². The minimum Gasteiger partial charge on any atom is -0.391 e. The molecule has 9 nitrogen and oxygen atoms in total. The van der Waals surface area contributed by atoms with Crippen LogP contribution in [0, 0.1) is 5.41 Å². The van der Waals surface area contributed by atoms with Crippen molar-refractivity contribution in [3.05, 3.63) is 36.5 Å². The number of hydrogen-bond acceptors (Lipinski definition) is 6. The second-order valence-corrected chi connectivity index (χ2v) is 17.4. The molecule has 0 rings (SSSR count). The van der Waals surface area contributed by atoms with Gasteiger partial charge in [-0.1, -0.05) is 160 Å². The summed E-state index contributed by atoms with van der Waals surface area (Å²) in [4.78, 5) is 8.86. The molecule has 0 aromatic heterocycles. The van der Waals surface area contributed by atoms with E-state index < -0.39 is 12.2 Å². The van der Waals surface area contributed by atoms with E-state index in [-0.39, 0.29) is 18.3 Å². The predicted molar refractivity (Wildman–Crippen MR) is 259 cm³/mol. The first-order chi connectivity index (χ1) is 28.8. The molecule has 0 aliphatic rings. The zero-order valence-corrected chi connectivity index (χ0v) is 39.0. The minimum absolute atomic E-state index is 0.0171. The number of nitrogens with zero attached hydrogens (tertiary/aromatic N) is 3. The number of amidine groups is 1. The van der Waals surface area contributed by atoms with Gasteiger partial charge in [0, 0.05) is 13.1 Å². The second-order valence-electron chi connectivity index (χ2n) is 17.4. The molecule has 0 aliphatic carbocycles. The van der Waals surface area contributed by atoms with Gasteiger partial charge in [0.1, 0.15) is 5.84 Å². The van der Waals surface area contributed by atoms with E-state index in [1.807, 2.05) is 0 Å². The number of aliphatic imine (C=N–C) groups is 1. The SMILES string of the molecule is CCCCCCCCC=CCCCCCCCCN(CCCCN(CCCCCCCCC=CCCCCCCCC)CC(O)CN=C(N)N)CC(O)CC=CC(=N)N. The summed E-state index contributed by atoms with van der Waals surface area (Å²) in [6, 6.07) is 0. The van der Waals surface area contributed by atoms with Crippen molar-refractivity contribution in [2.24, 2.45) is 22.2 Å². The lowest BCUT2D eigenvalue weighted by Gasteiger charge is -2.27. The number of unbranched alkanes of at least 4 members (excludes halogenated alkanes) is 25. The van der Waals surface area contributed by atoms with Crippen LogP contribution in [0.1, 0.15) is 213 Å². The van der Waals surface area contributed by atoms with Crippen molar-refractivity contribution in [3.8, 4) is 0 Å². The standard InChI is InChI=1S/C50H99N7O2/c1-3-5-7-9-11-13-15-17-19-21-23-25-27-29-31-33-40-56(45-47(58)38-37-39-49(51)52)42-35-36-43-57(46-48(59)44-55-50(53)54)41-34-32-30-28-26-24-22-20-18-16-14-12-10-8-6-4-2/h17-20,37,39,47-48,58-59H,3-16,21-36,38,40-46H2,1-2H3,(H3,51,52)(H4,53,54,55). The maximum Gasteiger partial charge on any atom is 0.185 e. The monoisotopic (exact) mass is 830 g/mol. The number of nitrogens with one attached hydrogen (secondary N) is 1. The summed E-state index contributed by atoms with van der Waals surface area (Å²) in [6.07, 6.45) is 50.8. The Labute approximate surface area is 365 Å². The maximum atomic E-state index is 10.8. The summed E-state index contributed by atoms with van der Waals surface area (Å²) in [5, 5.41) is 28.9. The van der Waals surface area contributed by atoms with Crippen LogP contribution in [0.3, 0.4) is 0 Å². The van der Waals surface area contributed by atoms with Crippen molar-refractivity contribution >= 4 is 11.8 Å². The van der Waals surface area contributed by atoms with Gasteiger partial charge in [-0.2, -0.15) is 0 Å². The Morgan fingerprint density at radius 1 is 0.475 bits per heavy atom. The fraction of sp³-hybridized carbons (Fsp3) is 0.840. The average molecular weight is 830 g/mol. The van der Waals surface area contributed by atoms with Crippen molar-refractivity contribution < 1.29 is 10.2 Å². The van der Waals surface area contributed by atoms with Crippen molar-refractivity contribution in [3.63, 3.8) is 0 Å². The first-order valence-corrected chi connectivity index (χ1v) is 24.9. The minimum atomic E-state index is -0.590. The van der Waals surface area contributed by atoms with Crippen molar-refractivity contribution in [2.75, 3.05) is 45.8 Å². The molecule has 0 aliphatic heterocycles. The van der Waals surface area contributed by atoms with Gasteiger partial charge in [-0.05, 0) is 116 Å². The quantitative estimate of drug-likeness (QED) is 0.0154. The zero-order valence-electron chi connectivity index (χ0n) is 39.0. The molecule has 0 radical (unpaired) electrons. The van der Waals surface area contributed by atoms with E-state index in [1.165, 1.54) is 167 Å². The zero-order chi connectivity index (χ0) is 43.3. The molecule has 0 aromatic carbocycles. The Bertz CT molecular complexity index is 1010.